The average Bonchev–Trinajstić information content (AvgIpc) is 2.83. The van der Waals surface area contributed by atoms with E-state index in [1.165, 1.54) is 24.5 Å². The van der Waals surface area contributed by atoms with Gasteiger partial charge in [0.25, 0.3) is 0 Å². The molecule has 1 aromatic heterocycles. The third kappa shape index (κ3) is 3.13. The van der Waals surface area contributed by atoms with Crippen molar-refractivity contribution in [2.45, 2.75) is 13.5 Å². The van der Waals surface area contributed by atoms with Crippen LogP contribution in [0, 0.1) is 12.7 Å². The molecule has 0 atom stereocenters. The second-order valence-corrected chi connectivity index (χ2v) is 5.54. The number of ether oxygens (including phenoxy) is 1. The first-order valence-electron chi connectivity index (χ1n) is 6.21. The number of hydrogen-bond acceptors (Lipinski definition) is 6. The van der Waals surface area contributed by atoms with Gasteiger partial charge in [0.2, 0.25) is 0 Å². The van der Waals surface area contributed by atoms with Gasteiger partial charge in [-0.1, -0.05) is 0 Å². The van der Waals surface area contributed by atoms with Crippen LogP contribution in [0.3, 0.4) is 0 Å². The number of esters is 1. The van der Waals surface area contributed by atoms with Crippen molar-refractivity contribution in [2.24, 2.45) is 0 Å². The molecule has 21 heavy (non-hydrogen) atoms. The normalized spacial score (nSPS) is 10.5. The van der Waals surface area contributed by atoms with Gasteiger partial charge in [-0.3, -0.25) is 0 Å². The molecular weight excluding hydrogens is 293 g/mol. The third-order valence-electron chi connectivity index (χ3n) is 3.16. The lowest BCUT2D eigenvalue weighted by Gasteiger charge is -2.20. The molecule has 0 spiro atoms. The molecular formula is C14H16FN3O2S. The fourth-order valence-electron chi connectivity index (χ4n) is 1.94. The van der Waals surface area contributed by atoms with Crippen LogP contribution in [0.15, 0.2) is 17.6 Å². The van der Waals surface area contributed by atoms with Crippen molar-refractivity contribution in [2.75, 3.05) is 24.8 Å². The minimum absolute atomic E-state index is 0.0606. The minimum Gasteiger partial charge on any atom is -0.465 e. The Labute approximate surface area is 126 Å². The Balaban J connectivity index is 2.34. The molecule has 0 aliphatic rings. The minimum atomic E-state index is -0.587. The quantitative estimate of drug-likeness (QED) is 0.694. The molecule has 112 valence electrons. The topological polar surface area (TPSA) is 68.5 Å². The maximum Gasteiger partial charge on any atom is 0.340 e. The highest BCUT2D eigenvalue weighted by Gasteiger charge is 2.17. The van der Waals surface area contributed by atoms with E-state index in [0.29, 0.717) is 6.54 Å². The van der Waals surface area contributed by atoms with Crippen molar-refractivity contribution in [3.63, 3.8) is 0 Å². The van der Waals surface area contributed by atoms with Crippen molar-refractivity contribution in [1.82, 2.24) is 4.98 Å². The first-order valence-corrected chi connectivity index (χ1v) is 7.09. The third-order valence-corrected chi connectivity index (χ3v) is 4.08. The number of nitrogens with zero attached hydrogens (tertiary/aromatic N) is 2. The zero-order valence-corrected chi connectivity index (χ0v) is 12.8. The number of halogens is 1. The summed E-state index contributed by atoms with van der Waals surface area (Å²) in [5.74, 6) is -1.07. The van der Waals surface area contributed by atoms with E-state index in [1.807, 2.05) is 6.92 Å². The van der Waals surface area contributed by atoms with Gasteiger partial charge in [0.05, 0.1) is 36.1 Å². The number of rotatable bonds is 4. The van der Waals surface area contributed by atoms with E-state index < -0.39 is 11.8 Å². The molecule has 0 radical (unpaired) electrons. The monoisotopic (exact) mass is 309 g/mol. The number of hydrogen-bond donors (Lipinski definition) is 1. The smallest absolute Gasteiger partial charge is 0.340 e. The van der Waals surface area contributed by atoms with E-state index in [9.17, 15) is 9.18 Å². The van der Waals surface area contributed by atoms with E-state index in [0.717, 1.165) is 16.6 Å². The van der Waals surface area contributed by atoms with Crippen LogP contribution in [0.5, 0.6) is 0 Å². The Morgan fingerprint density at radius 2 is 2.24 bits per heavy atom. The molecule has 5 nitrogen and oxygen atoms in total. The van der Waals surface area contributed by atoms with Crippen LogP contribution in [-0.4, -0.2) is 25.1 Å². The molecule has 0 aliphatic carbocycles. The van der Waals surface area contributed by atoms with Gasteiger partial charge in [0.1, 0.15) is 5.82 Å². The zero-order valence-electron chi connectivity index (χ0n) is 12.0. The molecule has 0 aliphatic heterocycles. The Morgan fingerprint density at radius 1 is 1.52 bits per heavy atom. The summed E-state index contributed by atoms with van der Waals surface area (Å²) in [5, 5.41) is 0. The Hall–Kier alpha value is -2.15. The van der Waals surface area contributed by atoms with Gasteiger partial charge in [-0.15, -0.1) is 11.3 Å². The maximum atomic E-state index is 14.1. The van der Waals surface area contributed by atoms with Crippen molar-refractivity contribution in [3.05, 3.63) is 39.6 Å². The number of aromatic nitrogens is 1. The Bertz CT molecular complexity index is 672. The summed E-state index contributed by atoms with van der Waals surface area (Å²) in [7, 11) is 3.00. The number of nitrogens with two attached hydrogens (primary N) is 1. The second-order valence-electron chi connectivity index (χ2n) is 4.60. The maximum absolute atomic E-state index is 14.1. The van der Waals surface area contributed by atoms with Crippen molar-refractivity contribution in [1.29, 1.82) is 0 Å². The zero-order chi connectivity index (χ0) is 15.6. The molecule has 0 unspecified atom stereocenters. The molecule has 0 bridgehead atoms. The first-order chi connectivity index (χ1) is 9.93. The van der Waals surface area contributed by atoms with E-state index in [4.69, 9.17) is 5.73 Å². The SMILES string of the molecule is COC(=O)c1cc(N(C)Cc2scnc2C)c(F)cc1N. The summed E-state index contributed by atoms with van der Waals surface area (Å²) in [6.45, 7) is 2.40. The van der Waals surface area contributed by atoms with Gasteiger partial charge in [-0.25, -0.2) is 14.2 Å². The van der Waals surface area contributed by atoms with Crippen LogP contribution in [0.4, 0.5) is 15.8 Å². The van der Waals surface area contributed by atoms with Gasteiger partial charge in [-0.2, -0.15) is 0 Å². The van der Waals surface area contributed by atoms with Crippen LogP contribution >= 0.6 is 11.3 Å². The summed E-state index contributed by atoms with van der Waals surface area (Å²) in [6.07, 6.45) is 0. The molecule has 0 saturated heterocycles. The van der Waals surface area contributed by atoms with E-state index >= 15 is 0 Å². The second kappa shape index (κ2) is 6.09. The van der Waals surface area contributed by atoms with Crippen LogP contribution < -0.4 is 10.6 Å². The largest absolute Gasteiger partial charge is 0.465 e. The molecule has 1 heterocycles. The highest BCUT2D eigenvalue weighted by molar-refractivity contribution is 7.09. The predicted octanol–water partition coefficient (Wildman–Crippen LogP) is 2.60. The first kappa shape index (κ1) is 15.2. The number of benzene rings is 1. The van der Waals surface area contributed by atoms with Crippen LogP contribution in [0.2, 0.25) is 0 Å². The highest BCUT2D eigenvalue weighted by Crippen LogP contribution is 2.27. The number of methoxy groups -OCH3 is 1. The van der Waals surface area contributed by atoms with Crippen LogP contribution in [0.25, 0.3) is 0 Å². The summed E-state index contributed by atoms with van der Waals surface area (Å²) in [4.78, 5) is 18.5. The van der Waals surface area contributed by atoms with Gasteiger partial charge < -0.3 is 15.4 Å². The summed E-state index contributed by atoms with van der Waals surface area (Å²) in [5.41, 5.74) is 8.82. The molecule has 0 saturated carbocycles. The van der Waals surface area contributed by atoms with Crippen molar-refractivity contribution in [3.8, 4) is 0 Å². The molecule has 0 fully saturated rings. The van der Waals surface area contributed by atoms with Crippen molar-refractivity contribution >= 4 is 28.7 Å². The molecule has 1 aromatic carbocycles. The lowest BCUT2D eigenvalue weighted by atomic mass is 10.1. The summed E-state index contributed by atoms with van der Waals surface area (Å²) in [6, 6.07) is 2.55. The fraction of sp³-hybridized carbons (Fsp3) is 0.286. The number of anilines is 2. The lowest BCUT2D eigenvalue weighted by Crippen LogP contribution is -2.19. The summed E-state index contributed by atoms with van der Waals surface area (Å²) >= 11 is 1.51. The summed E-state index contributed by atoms with van der Waals surface area (Å²) < 4.78 is 18.7. The molecule has 2 rings (SSSR count). The number of thiazole rings is 1. The number of carbonyl (C=O) groups is 1. The van der Waals surface area contributed by atoms with Gasteiger partial charge in [-0.05, 0) is 19.1 Å². The van der Waals surface area contributed by atoms with Crippen molar-refractivity contribution < 1.29 is 13.9 Å². The van der Waals surface area contributed by atoms with E-state index in [-0.39, 0.29) is 16.9 Å². The van der Waals surface area contributed by atoms with E-state index in [1.54, 1.807) is 17.5 Å². The Morgan fingerprint density at radius 3 is 2.81 bits per heavy atom. The predicted molar refractivity (Wildman–Crippen MR) is 81.1 cm³/mol. The molecule has 7 heteroatoms. The number of aryl methyl sites for hydroxylation is 1. The van der Waals surface area contributed by atoms with Crippen LogP contribution in [-0.2, 0) is 11.3 Å². The van der Waals surface area contributed by atoms with Crippen LogP contribution in [0.1, 0.15) is 20.9 Å². The van der Waals surface area contributed by atoms with Gasteiger partial charge in [0, 0.05) is 17.6 Å². The van der Waals surface area contributed by atoms with Gasteiger partial charge >= 0.3 is 5.97 Å². The highest BCUT2D eigenvalue weighted by atomic mass is 32.1. The fourth-order valence-corrected chi connectivity index (χ4v) is 2.76. The standard InChI is InChI=1S/C14H16FN3O2S/c1-8-13(21-7-17-8)6-18(2)12-4-9(14(19)20-3)11(16)5-10(12)15/h4-5,7H,6,16H2,1-3H3. The van der Waals surface area contributed by atoms with E-state index in [2.05, 4.69) is 9.72 Å². The number of nitrogen functional groups attached to an aromatic ring is 1. The molecule has 2 N–H and O–H groups in total. The number of carbonyl (C=O) groups excluding carboxylic acids is 1. The lowest BCUT2D eigenvalue weighted by molar-refractivity contribution is 0.0602. The Kier molecular flexibility index (Phi) is 4.42. The average molecular weight is 309 g/mol. The molecule has 0 amide bonds. The molecule has 2 aromatic rings. The van der Waals surface area contributed by atoms with Gasteiger partial charge in [0.15, 0.2) is 0 Å².